The quantitative estimate of drug-likeness (QED) is 0.462. The van der Waals surface area contributed by atoms with Gasteiger partial charge in [-0.05, 0) is 74.0 Å². The highest BCUT2D eigenvalue weighted by molar-refractivity contribution is 7.98. The standard InChI is InChI=1S/C20H23FN2OS/c1-24-19-9-7-14(25-2)12-17(19)20-15(5-3-4-10-22)16-11-13(21)6-8-18(16)23-20/h6-9,11-12,23H,3-5,10,22H2,1-2H3. The van der Waals surface area contributed by atoms with Gasteiger partial charge in [0.15, 0.2) is 0 Å². The van der Waals surface area contributed by atoms with Crippen molar-refractivity contribution in [3.63, 3.8) is 0 Å². The second-order valence-corrected chi connectivity index (χ2v) is 6.86. The number of benzene rings is 2. The number of methoxy groups -OCH3 is 1. The van der Waals surface area contributed by atoms with Gasteiger partial charge in [-0.2, -0.15) is 0 Å². The average Bonchev–Trinajstić information content (AvgIpc) is 2.99. The predicted octanol–water partition coefficient (Wildman–Crippen LogP) is 4.99. The summed E-state index contributed by atoms with van der Waals surface area (Å²) < 4.78 is 19.4. The molecular weight excluding hydrogens is 335 g/mol. The summed E-state index contributed by atoms with van der Waals surface area (Å²) >= 11 is 1.69. The molecule has 3 rings (SSSR count). The maximum atomic E-state index is 13.8. The van der Waals surface area contributed by atoms with Crippen LogP contribution in [0, 0.1) is 5.82 Å². The van der Waals surface area contributed by atoms with E-state index in [9.17, 15) is 4.39 Å². The van der Waals surface area contributed by atoms with Gasteiger partial charge in [0.05, 0.1) is 12.8 Å². The first-order valence-electron chi connectivity index (χ1n) is 8.40. The molecule has 5 heteroatoms. The van der Waals surface area contributed by atoms with Gasteiger partial charge < -0.3 is 15.5 Å². The Labute approximate surface area is 151 Å². The van der Waals surface area contributed by atoms with Crippen molar-refractivity contribution in [2.45, 2.75) is 24.2 Å². The van der Waals surface area contributed by atoms with Crippen molar-refractivity contribution in [3.8, 4) is 17.0 Å². The van der Waals surface area contributed by atoms with Gasteiger partial charge in [0.25, 0.3) is 0 Å². The molecule has 0 aliphatic rings. The van der Waals surface area contributed by atoms with E-state index in [2.05, 4.69) is 11.1 Å². The molecule has 2 aromatic carbocycles. The zero-order chi connectivity index (χ0) is 17.8. The number of aromatic amines is 1. The predicted molar refractivity (Wildman–Crippen MR) is 104 cm³/mol. The summed E-state index contributed by atoms with van der Waals surface area (Å²) in [6.45, 7) is 0.664. The van der Waals surface area contributed by atoms with Gasteiger partial charge in [-0.15, -0.1) is 11.8 Å². The van der Waals surface area contributed by atoms with E-state index in [1.54, 1.807) is 31.0 Å². The van der Waals surface area contributed by atoms with E-state index in [-0.39, 0.29) is 5.82 Å². The Bertz CT molecular complexity index is 876. The third-order valence-electron chi connectivity index (χ3n) is 4.43. The Morgan fingerprint density at radius 3 is 2.72 bits per heavy atom. The number of aryl methyl sites for hydroxylation is 1. The smallest absolute Gasteiger partial charge is 0.128 e. The number of hydrogen-bond acceptors (Lipinski definition) is 3. The molecule has 0 fully saturated rings. The molecule has 0 saturated carbocycles. The van der Waals surface area contributed by atoms with Gasteiger partial charge in [0.2, 0.25) is 0 Å². The number of hydrogen-bond donors (Lipinski definition) is 2. The molecule has 0 unspecified atom stereocenters. The Balaban J connectivity index is 2.19. The Kier molecular flexibility index (Phi) is 5.66. The van der Waals surface area contributed by atoms with Crippen LogP contribution < -0.4 is 10.5 Å². The van der Waals surface area contributed by atoms with Gasteiger partial charge in [-0.25, -0.2) is 4.39 Å². The fourth-order valence-electron chi connectivity index (χ4n) is 3.17. The van der Waals surface area contributed by atoms with Crippen LogP contribution in [0.25, 0.3) is 22.2 Å². The second kappa shape index (κ2) is 7.93. The number of fused-ring (bicyclic) bond motifs is 1. The van der Waals surface area contributed by atoms with Crippen molar-refractivity contribution in [2.75, 3.05) is 19.9 Å². The van der Waals surface area contributed by atoms with E-state index in [1.807, 2.05) is 18.4 Å². The van der Waals surface area contributed by atoms with Crippen LogP contribution in [0.2, 0.25) is 0 Å². The second-order valence-electron chi connectivity index (χ2n) is 5.98. The van der Waals surface area contributed by atoms with Crippen LogP contribution in [0.3, 0.4) is 0 Å². The summed E-state index contributed by atoms with van der Waals surface area (Å²) in [7, 11) is 1.67. The minimum Gasteiger partial charge on any atom is -0.496 e. The van der Waals surface area contributed by atoms with Gasteiger partial charge in [-0.3, -0.25) is 0 Å². The lowest BCUT2D eigenvalue weighted by atomic mass is 9.99. The van der Waals surface area contributed by atoms with Crippen molar-refractivity contribution in [2.24, 2.45) is 5.73 Å². The minimum atomic E-state index is -0.219. The number of unbranched alkanes of at least 4 members (excludes halogenated alkanes) is 1. The molecular formula is C20H23FN2OS. The first-order chi connectivity index (χ1) is 12.2. The van der Waals surface area contributed by atoms with Crippen molar-refractivity contribution in [3.05, 3.63) is 47.8 Å². The van der Waals surface area contributed by atoms with Crippen molar-refractivity contribution >= 4 is 22.7 Å². The van der Waals surface area contributed by atoms with Crippen LogP contribution in [-0.4, -0.2) is 24.9 Å². The molecule has 132 valence electrons. The summed E-state index contributed by atoms with van der Waals surface area (Å²) in [5.41, 5.74) is 9.72. The molecule has 0 saturated heterocycles. The molecule has 0 atom stereocenters. The van der Waals surface area contributed by atoms with Crippen molar-refractivity contribution in [1.29, 1.82) is 0 Å². The first kappa shape index (κ1) is 17.8. The Morgan fingerprint density at radius 1 is 1.16 bits per heavy atom. The highest BCUT2D eigenvalue weighted by Crippen LogP contribution is 2.38. The van der Waals surface area contributed by atoms with Crippen LogP contribution in [-0.2, 0) is 6.42 Å². The topological polar surface area (TPSA) is 51.0 Å². The number of aromatic nitrogens is 1. The van der Waals surface area contributed by atoms with Gasteiger partial charge in [0, 0.05) is 21.4 Å². The normalized spacial score (nSPS) is 11.2. The van der Waals surface area contributed by atoms with Gasteiger partial charge in [-0.1, -0.05) is 0 Å². The van der Waals surface area contributed by atoms with Crippen molar-refractivity contribution in [1.82, 2.24) is 4.98 Å². The molecule has 3 aromatic rings. The van der Waals surface area contributed by atoms with Gasteiger partial charge >= 0.3 is 0 Å². The van der Waals surface area contributed by atoms with E-state index in [0.717, 1.165) is 57.6 Å². The molecule has 0 spiro atoms. The van der Waals surface area contributed by atoms with E-state index in [0.29, 0.717) is 6.54 Å². The van der Waals surface area contributed by atoms with Gasteiger partial charge in [0.1, 0.15) is 11.6 Å². The van der Waals surface area contributed by atoms with Crippen molar-refractivity contribution < 1.29 is 9.13 Å². The number of halogens is 1. The van der Waals surface area contributed by atoms with E-state index in [4.69, 9.17) is 10.5 Å². The molecule has 1 heterocycles. The summed E-state index contributed by atoms with van der Waals surface area (Å²) in [6, 6.07) is 11.0. The third-order valence-corrected chi connectivity index (χ3v) is 5.15. The van der Waals surface area contributed by atoms with E-state index < -0.39 is 0 Å². The SMILES string of the molecule is COc1ccc(SC)cc1-c1[nH]c2ccc(F)cc2c1CCCCN. The number of H-pyrrole nitrogens is 1. The van der Waals surface area contributed by atoms with Crippen LogP contribution in [0.4, 0.5) is 4.39 Å². The molecule has 0 bridgehead atoms. The lowest BCUT2D eigenvalue weighted by Gasteiger charge is -2.11. The monoisotopic (exact) mass is 358 g/mol. The molecule has 25 heavy (non-hydrogen) atoms. The molecule has 0 amide bonds. The number of thioether (sulfide) groups is 1. The molecule has 3 nitrogen and oxygen atoms in total. The molecule has 0 aliphatic carbocycles. The Morgan fingerprint density at radius 2 is 2.00 bits per heavy atom. The molecule has 0 aliphatic heterocycles. The molecule has 1 aromatic heterocycles. The highest BCUT2D eigenvalue weighted by Gasteiger charge is 2.17. The minimum absolute atomic E-state index is 0.219. The number of ether oxygens (including phenoxy) is 1. The van der Waals surface area contributed by atoms with Crippen LogP contribution >= 0.6 is 11.8 Å². The summed E-state index contributed by atoms with van der Waals surface area (Å²) in [4.78, 5) is 4.63. The lowest BCUT2D eigenvalue weighted by Crippen LogP contribution is -1.99. The summed E-state index contributed by atoms with van der Waals surface area (Å²) in [6.07, 6.45) is 4.82. The largest absolute Gasteiger partial charge is 0.496 e. The number of nitrogens with two attached hydrogens (primary N) is 1. The van der Waals surface area contributed by atoms with E-state index in [1.165, 1.54) is 6.07 Å². The fourth-order valence-corrected chi connectivity index (χ4v) is 3.60. The van der Waals surface area contributed by atoms with E-state index >= 15 is 0 Å². The maximum Gasteiger partial charge on any atom is 0.128 e. The fraction of sp³-hybridized carbons (Fsp3) is 0.300. The van der Waals surface area contributed by atoms with Crippen LogP contribution in [0.15, 0.2) is 41.3 Å². The zero-order valence-corrected chi connectivity index (χ0v) is 15.4. The summed E-state index contributed by atoms with van der Waals surface area (Å²) in [5, 5.41) is 0.934. The highest BCUT2D eigenvalue weighted by atomic mass is 32.2. The average molecular weight is 358 g/mol. The Hall–Kier alpha value is -1.98. The molecule has 3 N–H and O–H groups in total. The van der Waals surface area contributed by atoms with Crippen LogP contribution in [0.1, 0.15) is 18.4 Å². The summed E-state index contributed by atoms with van der Waals surface area (Å²) in [5.74, 6) is 0.591. The number of nitrogens with one attached hydrogen (secondary N) is 1. The number of rotatable bonds is 7. The van der Waals surface area contributed by atoms with Crippen LogP contribution in [0.5, 0.6) is 5.75 Å². The first-order valence-corrected chi connectivity index (χ1v) is 9.63. The third kappa shape index (κ3) is 3.67. The maximum absolute atomic E-state index is 13.8. The molecule has 0 radical (unpaired) electrons. The lowest BCUT2D eigenvalue weighted by molar-refractivity contribution is 0.416. The zero-order valence-electron chi connectivity index (χ0n) is 14.6.